The molecule has 1 aliphatic heterocycles. The van der Waals surface area contributed by atoms with E-state index in [2.05, 4.69) is 20.6 Å². The van der Waals surface area contributed by atoms with Gasteiger partial charge in [-0.15, -0.1) is 0 Å². The van der Waals surface area contributed by atoms with Crippen LogP contribution >= 0.6 is 0 Å². The Balaban J connectivity index is 1.33. The molecule has 1 aromatic carbocycles. The summed E-state index contributed by atoms with van der Waals surface area (Å²) < 4.78 is 0. The van der Waals surface area contributed by atoms with Crippen LogP contribution in [0.15, 0.2) is 54.5 Å². The second-order valence-electron chi connectivity index (χ2n) is 9.19. The van der Waals surface area contributed by atoms with Gasteiger partial charge < -0.3 is 16.0 Å². The Bertz CT molecular complexity index is 1400. The summed E-state index contributed by atoms with van der Waals surface area (Å²) >= 11 is 0. The van der Waals surface area contributed by atoms with E-state index in [-0.39, 0.29) is 17.8 Å². The van der Waals surface area contributed by atoms with Crippen LogP contribution in [-0.2, 0) is 9.59 Å². The normalized spacial score (nSPS) is 19.8. The van der Waals surface area contributed by atoms with Gasteiger partial charge in [0.15, 0.2) is 0 Å². The van der Waals surface area contributed by atoms with Crippen molar-refractivity contribution in [1.82, 2.24) is 20.2 Å². The number of hydrogen-bond donors (Lipinski definition) is 3. The van der Waals surface area contributed by atoms with Gasteiger partial charge in [-0.05, 0) is 73.4 Å². The number of benzene rings is 1. The zero-order chi connectivity index (χ0) is 24.7. The molecule has 0 atom stereocenters. The number of anilines is 2. The average molecular weight is 471 g/mol. The van der Waals surface area contributed by atoms with E-state index in [1.165, 1.54) is 4.90 Å². The molecule has 2 aliphatic rings. The highest BCUT2D eigenvalue weighted by Crippen LogP contribution is 2.38. The second-order valence-corrected chi connectivity index (χ2v) is 9.19. The van der Waals surface area contributed by atoms with Crippen LogP contribution < -0.4 is 16.4 Å². The molecule has 178 valence electrons. The van der Waals surface area contributed by atoms with Crippen molar-refractivity contribution < 1.29 is 14.4 Å². The number of urea groups is 1. The maximum absolute atomic E-state index is 12.7. The van der Waals surface area contributed by atoms with Crippen molar-refractivity contribution in [3.05, 3.63) is 60.1 Å². The lowest BCUT2D eigenvalue weighted by Crippen LogP contribution is -2.49. The standard InChI is InChI=1S/C26H26N6O3/c1-15-5-8-28-13-19(15)17-10-18-12-22(29-14-20(18)21(27)11-17)30-23(33)9-16-3-6-26(7-4-16)24(34)31-25(35)32(26)2/h5,8-14H,3-4,6-7,27H2,1-2H3,(H,29,30,33)(H,31,34,35). The fourth-order valence-corrected chi connectivity index (χ4v) is 4.96. The van der Waals surface area contributed by atoms with E-state index < -0.39 is 5.54 Å². The molecule has 1 aliphatic carbocycles. The van der Waals surface area contributed by atoms with Gasteiger partial charge in [-0.1, -0.05) is 5.57 Å². The Hall–Kier alpha value is -4.27. The molecular formula is C26H26N6O3. The van der Waals surface area contributed by atoms with Crippen molar-refractivity contribution in [2.24, 2.45) is 0 Å². The number of carbonyl (C=O) groups is 3. The number of nitrogen functional groups attached to an aromatic ring is 1. The Labute approximate surface area is 202 Å². The number of aromatic nitrogens is 2. The van der Waals surface area contributed by atoms with Crippen molar-refractivity contribution in [3.8, 4) is 11.1 Å². The number of amides is 4. The molecule has 3 aromatic rings. The van der Waals surface area contributed by atoms with Crippen LogP contribution in [-0.4, -0.2) is 45.3 Å². The average Bonchev–Trinajstić information content (AvgIpc) is 3.03. The highest BCUT2D eigenvalue weighted by Gasteiger charge is 2.51. The first kappa shape index (κ1) is 22.5. The van der Waals surface area contributed by atoms with Gasteiger partial charge in [0.25, 0.3) is 5.91 Å². The molecule has 2 fully saturated rings. The number of allylic oxidation sites excluding steroid dienone is 1. The van der Waals surface area contributed by atoms with E-state index in [1.54, 1.807) is 31.6 Å². The molecule has 3 heterocycles. The molecular weight excluding hydrogens is 444 g/mol. The number of fused-ring (bicyclic) bond motifs is 1. The molecule has 2 aromatic heterocycles. The van der Waals surface area contributed by atoms with E-state index >= 15 is 0 Å². The minimum absolute atomic E-state index is 0.256. The maximum atomic E-state index is 12.7. The smallest absolute Gasteiger partial charge is 0.324 e. The summed E-state index contributed by atoms with van der Waals surface area (Å²) in [7, 11) is 1.64. The van der Waals surface area contributed by atoms with E-state index in [0.29, 0.717) is 37.2 Å². The molecule has 1 saturated heterocycles. The number of likely N-dealkylation sites (N-methyl/N-ethyl adjacent to an activating group) is 1. The van der Waals surface area contributed by atoms with Gasteiger partial charge in [0.05, 0.1) is 0 Å². The molecule has 0 radical (unpaired) electrons. The lowest BCUT2D eigenvalue weighted by Gasteiger charge is -2.36. The number of nitrogens with one attached hydrogen (secondary N) is 2. The van der Waals surface area contributed by atoms with Gasteiger partial charge in [0.1, 0.15) is 11.4 Å². The quantitative estimate of drug-likeness (QED) is 0.305. The largest absolute Gasteiger partial charge is 0.398 e. The highest BCUT2D eigenvalue weighted by molar-refractivity contribution is 6.07. The molecule has 1 saturated carbocycles. The van der Waals surface area contributed by atoms with Gasteiger partial charge in [0, 0.05) is 48.4 Å². The summed E-state index contributed by atoms with van der Waals surface area (Å²) in [5.74, 6) is -0.115. The lowest BCUT2D eigenvalue weighted by molar-refractivity contribution is -0.127. The third-order valence-electron chi connectivity index (χ3n) is 7.11. The fraction of sp³-hybridized carbons (Fsp3) is 0.269. The molecule has 1 spiro atoms. The van der Waals surface area contributed by atoms with Gasteiger partial charge in [0.2, 0.25) is 5.91 Å². The van der Waals surface area contributed by atoms with Gasteiger partial charge >= 0.3 is 6.03 Å². The SMILES string of the molecule is Cc1ccncc1-c1cc(N)c2cnc(NC(=O)C=C3CCC4(CC3)C(=O)NC(=O)N4C)cc2c1. The van der Waals surface area contributed by atoms with E-state index in [0.717, 1.165) is 33.0 Å². The Kier molecular flexibility index (Phi) is 5.47. The Morgan fingerprint density at radius 1 is 1.20 bits per heavy atom. The van der Waals surface area contributed by atoms with Gasteiger partial charge in [-0.3, -0.25) is 19.9 Å². The molecule has 4 amide bonds. The summed E-state index contributed by atoms with van der Waals surface area (Å²) in [4.78, 5) is 46.9. The molecule has 35 heavy (non-hydrogen) atoms. The van der Waals surface area contributed by atoms with E-state index in [9.17, 15) is 14.4 Å². The van der Waals surface area contributed by atoms with E-state index in [4.69, 9.17) is 5.73 Å². The number of aryl methyl sites for hydroxylation is 1. The number of carbonyl (C=O) groups excluding carboxylic acids is 3. The second kappa shape index (κ2) is 8.50. The number of hydrogen-bond acceptors (Lipinski definition) is 6. The predicted molar refractivity (Wildman–Crippen MR) is 133 cm³/mol. The van der Waals surface area contributed by atoms with Crippen molar-refractivity contribution in [2.45, 2.75) is 38.1 Å². The third kappa shape index (κ3) is 3.99. The van der Waals surface area contributed by atoms with Crippen LogP contribution in [0.2, 0.25) is 0 Å². The first-order valence-corrected chi connectivity index (χ1v) is 11.5. The molecule has 0 unspecified atom stereocenters. The minimum Gasteiger partial charge on any atom is -0.398 e. The number of nitrogens with zero attached hydrogens (tertiary/aromatic N) is 3. The summed E-state index contributed by atoms with van der Waals surface area (Å²) in [5, 5.41) is 6.88. The van der Waals surface area contributed by atoms with Crippen LogP contribution in [0.5, 0.6) is 0 Å². The zero-order valence-corrected chi connectivity index (χ0v) is 19.6. The van der Waals surface area contributed by atoms with Crippen LogP contribution in [0, 0.1) is 6.92 Å². The van der Waals surface area contributed by atoms with Crippen LogP contribution in [0.25, 0.3) is 21.9 Å². The van der Waals surface area contributed by atoms with E-state index in [1.807, 2.05) is 31.3 Å². The number of imide groups is 1. The third-order valence-corrected chi connectivity index (χ3v) is 7.11. The number of nitrogens with two attached hydrogens (primary N) is 1. The van der Waals surface area contributed by atoms with Crippen molar-refractivity contribution in [3.63, 3.8) is 0 Å². The minimum atomic E-state index is -0.810. The number of pyridine rings is 2. The highest BCUT2D eigenvalue weighted by atomic mass is 16.2. The van der Waals surface area contributed by atoms with Crippen molar-refractivity contribution in [1.29, 1.82) is 0 Å². The summed E-state index contributed by atoms with van der Waals surface area (Å²) in [6.45, 7) is 2.02. The molecule has 0 bridgehead atoms. The summed E-state index contributed by atoms with van der Waals surface area (Å²) in [5.41, 5.74) is 10.0. The molecule has 9 nitrogen and oxygen atoms in total. The first-order valence-electron chi connectivity index (χ1n) is 11.5. The lowest BCUT2D eigenvalue weighted by atomic mass is 9.78. The molecule has 4 N–H and O–H groups in total. The first-order chi connectivity index (χ1) is 16.8. The van der Waals surface area contributed by atoms with Crippen molar-refractivity contribution in [2.75, 3.05) is 18.1 Å². The Morgan fingerprint density at radius 2 is 1.97 bits per heavy atom. The fourth-order valence-electron chi connectivity index (χ4n) is 4.96. The van der Waals surface area contributed by atoms with Crippen molar-refractivity contribution >= 4 is 40.1 Å². The van der Waals surface area contributed by atoms with Crippen LogP contribution in [0.3, 0.4) is 0 Å². The number of rotatable bonds is 3. The van der Waals surface area contributed by atoms with Gasteiger partial charge in [-0.25, -0.2) is 9.78 Å². The monoisotopic (exact) mass is 470 g/mol. The topological polar surface area (TPSA) is 130 Å². The molecule has 9 heteroatoms. The zero-order valence-electron chi connectivity index (χ0n) is 19.6. The predicted octanol–water partition coefficient (Wildman–Crippen LogP) is 3.55. The Morgan fingerprint density at radius 3 is 2.66 bits per heavy atom. The molecule has 5 rings (SSSR count). The van der Waals surface area contributed by atoms with Crippen LogP contribution in [0.4, 0.5) is 16.3 Å². The summed E-state index contributed by atoms with van der Waals surface area (Å²) in [6.07, 6.45) is 8.89. The van der Waals surface area contributed by atoms with Crippen LogP contribution in [0.1, 0.15) is 31.2 Å². The summed E-state index contributed by atoms with van der Waals surface area (Å²) in [6, 6.07) is 7.30. The van der Waals surface area contributed by atoms with Gasteiger partial charge in [-0.2, -0.15) is 0 Å². The maximum Gasteiger partial charge on any atom is 0.324 e.